The van der Waals surface area contributed by atoms with Crippen LogP contribution in [-0.2, 0) is 0 Å². The van der Waals surface area contributed by atoms with Crippen LogP contribution < -0.4 is 10.1 Å². The van der Waals surface area contributed by atoms with Crippen molar-refractivity contribution in [3.05, 3.63) is 76.2 Å². The molecule has 4 aromatic rings. The molecule has 30 heavy (non-hydrogen) atoms. The third-order valence-electron chi connectivity index (χ3n) is 4.16. The molecule has 0 fully saturated rings. The van der Waals surface area contributed by atoms with E-state index in [2.05, 4.69) is 36.3 Å². The summed E-state index contributed by atoms with van der Waals surface area (Å²) < 4.78 is 13.4. The molecule has 0 aliphatic rings. The van der Waals surface area contributed by atoms with Crippen LogP contribution in [-0.4, -0.2) is 25.7 Å². The number of nitrogens with one attached hydrogen (secondary N) is 1. The Morgan fingerprint density at radius 2 is 1.83 bits per heavy atom. The lowest BCUT2D eigenvalue weighted by Crippen LogP contribution is -2.10. The molecular weight excluding hydrogens is 450 g/mol. The number of hydrogen-bond acceptors (Lipinski definition) is 6. The van der Waals surface area contributed by atoms with Gasteiger partial charge in [0, 0.05) is 17.4 Å². The minimum atomic E-state index is -0.338. The maximum atomic E-state index is 12.2. The molecule has 1 amide bonds. The molecule has 9 heteroatoms. The Morgan fingerprint density at radius 3 is 2.47 bits per heavy atom. The van der Waals surface area contributed by atoms with Crippen molar-refractivity contribution in [3.63, 3.8) is 0 Å². The number of ether oxygens (including phenoxy) is 1. The molecule has 1 aromatic carbocycles. The third kappa shape index (κ3) is 4.41. The van der Waals surface area contributed by atoms with Gasteiger partial charge in [0.1, 0.15) is 11.6 Å². The molecule has 0 aliphatic carbocycles. The van der Waals surface area contributed by atoms with Crippen molar-refractivity contribution in [1.29, 1.82) is 0 Å². The molecule has 3 heterocycles. The fourth-order valence-corrected chi connectivity index (χ4v) is 3.21. The van der Waals surface area contributed by atoms with E-state index in [-0.39, 0.29) is 11.7 Å². The summed E-state index contributed by atoms with van der Waals surface area (Å²) in [4.78, 5) is 20.9. The van der Waals surface area contributed by atoms with Crippen molar-refractivity contribution in [3.8, 4) is 17.4 Å². The van der Waals surface area contributed by atoms with Gasteiger partial charge in [-0.3, -0.25) is 4.79 Å². The maximum absolute atomic E-state index is 12.2. The number of benzene rings is 1. The molecule has 0 atom stereocenters. The van der Waals surface area contributed by atoms with Crippen molar-refractivity contribution in [2.75, 3.05) is 5.32 Å². The number of aryl methyl sites for hydroxylation is 3. The van der Waals surface area contributed by atoms with Gasteiger partial charge in [0.2, 0.25) is 5.88 Å². The molecule has 0 saturated carbocycles. The van der Waals surface area contributed by atoms with Gasteiger partial charge in [-0.1, -0.05) is 0 Å². The number of furan rings is 1. The first-order chi connectivity index (χ1) is 14.4. The number of carbonyl (C=O) groups excluding carboxylic acids is 1. The van der Waals surface area contributed by atoms with Gasteiger partial charge in [0.25, 0.3) is 5.91 Å². The van der Waals surface area contributed by atoms with Crippen molar-refractivity contribution in [2.45, 2.75) is 20.8 Å². The van der Waals surface area contributed by atoms with Crippen LogP contribution in [0.15, 0.2) is 57.6 Å². The summed E-state index contributed by atoms with van der Waals surface area (Å²) in [6.07, 6.45) is 0. The van der Waals surface area contributed by atoms with Gasteiger partial charge in [-0.15, -0.1) is 0 Å². The molecule has 3 aromatic heterocycles. The normalized spacial score (nSPS) is 10.8. The summed E-state index contributed by atoms with van der Waals surface area (Å²) in [5, 5.41) is 7.22. The molecule has 0 bridgehead atoms. The first-order valence-corrected chi connectivity index (χ1v) is 9.90. The zero-order valence-electron chi connectivity index (χ0n) is 16.5. The van der Waals surface area contributed by atoms with Crippen molar-refractivity contribution in [1.82, 2.24) is 19.7 Å². The van der Waals surface area contributed by atoms with Crippen LogP contribution in [0, 0.1) is 20.8 Å². The fraction of sp³-hybridized carbons (Fsp3) is 0.143. The van der Waals surface area contributed by atoms with Crippen molar-refractivity contribution < 1.29 is 13.9 Å². The zero-order valence-corrected chi connectivity index (χ0v) is 18.1. The van der Waals surface area contributed by atoms with E-state index in [9.17, 15) is 4.79 Å². The first-order valence-electron chi connectivity index (χ1n) is 9.11. The van der Waals surface area contributed by atoms with Crippen LogP contribution in [0.1, 0.15) is 27.8 Å². The van der Waals surface area contributed by atoms with Crippen LogP contribution in [0.2, 0.25) is 0 Å². The number of hydrogen-bond donors (Lipinski definition) is 1. The predicted molar refractivity (Wildman–Crippen MR) is 114 cm³/mol. The Kier molecular flexibility index (Phi) is 5.37. The molecule has 4 rings (SSSR count). The Bertz CT molecular complexity index is 1210. The number of amides is 1. The van der Waals surface area contributed by atoms with Crippen LogP contribution in [0.3, 0.4) is 0 Å². The largest absolute Gasteiger partial charge is 0.444 e. The van der Waals surface area contributed by atoms with E-state index in [4.69, 9.17) is 9.15 Å². The van der Waals surface area contributed by atoms with Crippen LogP contribution in [0.4, 0.5) is 5.69 Å². The van der Waals surface area contributed by atoms with Gasteiger partial charge in [-0.25, -0.2) is 9.67 Å². The number of anilines is 1. The highest BCUT2D eigenvalue weighted by atomic mass is 79.9. The summed E-state index contributed by atoms with van der Waals surface area (Å²) in [7, 11) is 0. The molecule has 152 valence electrons. The third-order valence-corrected chi connectivity index (χ3v) is 4.59. The average Bonchev–Trinajstić information content (AvgIpc) is 3.27. The molecule has 0 spiro atoms. The maximum Gasteiger partial charge on any atom is 0.291 e. The number of nitrogens with zero attached hydrogens (tertiary/aromatic N) is 4. The Labute approximate surface area is 181 Å². The topological polar surface area (TPSA) is 95.1 Å². The highest BCUT2D eigenvalue weighted by molar-refractivity contribution is 9.10. The van der Waals surface area contributed by atoms with Crippen LogP contribution in [0.5, 0.6) is 11.6 Å². The molecule has 8 nitrogen and oxygen atoms in total. The molecule has 1 N–H and O–H groups in total. The number of carbonyl (C=O) groups is 1. The summed E-state index contributed by atoms with van der Waals surface area (Å²) in [6, 6.07) is 13.9. The Morgan fingerprint density at radius 1 is 1.07 bits per heavy atom. The van der Waals surface area contributed by atoms with E-state index in [1.54, 1.807) is 54.1 Å². The van der Waals surface area contributed by atoms with Crippen LogP contribution >= 0.6 is 15.9 Å². The molecule has 0 aliphatic heterocycles. The smallest absolute Gasteiger partial charge is 0.291 e. The van der Waals surface area contributed by atoms with Gasteiger partial charge >= 0.3 is 0 Å². The summed E-state index contributed by atoms with van der Waals surface area (Å²) >= 11 is 3.18. The van der Waals surface area contributed by atoms with Gasteiger partial charge in [0.15, 0.2) is 16.2 Å². The summed E-state index contributed by atoms with van der Waals surface area (Å²) in [5.74, 6) is 2.07. The second-order valence-electron chi connectivity index (χ2n) is 6.63. The minimum Gasteiger partial charge on any atom is -0.444 e. The van der Waals surface area contributed by atoms with E-state index >= 15 is 0 Å². The fourth-order valence-electron chi connectivity index (χ4n) is 2.90. The molecular formula is C21H18BrN5O3. The quantitative estimate of drug-likeness (QED) is 0.444. The second kappa shape index (κ2) is 8.11. The van der Waals surface area contributed by atoms with Crippen molar-refractivity contribution >= 4 is 27.5 Å². The number of rotatable bonds is 5. The Hall–Kier alpha value is -3.46. The molecule has 0 saturated heterocycles. The minimum absolute atomic E-state index is 0.218. The standard InChI is InChI=1S/C21H18BrN5O3/c1-12-10-13(2)27(26-12)19-11-20(24-14(3)23-19)29-16-6-4-15(5-7-16)25-21(28)17-8-9-18(22)30-17/h4-11H,1-3H3,(H,25,28). The monoisotopic (exact) mass is 467 g/mol. The van der Waals surface area contributed by atoms with Gasteiger partial charge in [0.05, 0.1) is 5.69 Å². The highest BCUT2D eigenvalue weighted by Gasteiger charge is 2.12. The van der Waals surface area contributed by atoms with E-state index in [1.165, 1.54) is 0 Å². The SMILES string of the molecule is Cc1cc(C)n(-c2cc(Oc3ccc(NC(=O)c4ccc(Br)o4)cc3)nc(C)n2)n1. The highest BCUT2D eigenvalue weighted by Crippen LogP contribution is 2.24. The van der Waals surface area contributed by atoms with E-state index in [0.29, 0.717) is 33.6 Å². The molecule has 0 radical (unpaired) electrons. The van der Waals surface area contributed by atoms with Gasteiger partial charge in [-0.05, 0) is 79.2 Å². The van der Waals surface area contributed by atoms with Gasteiger partial charge in [-0.2, -0.15) is 10.1 Å². The lowest BCUT2D eigenvalue weighted by Gasteiger charge is -2.10. The second-order valence-corrected chi connectivity index (χ2v) is 7.42. The average molecular weight is 468 g/mol. The van der Waals surface area contributed by atoms with E-state index in [1.807, 2.05) is 19.9 Å². The molecule has 0 unspecified atom stereocenters. The van der Waals surface area contributed by atoms with Gasteiger partial charge < -0.3 is 14.5 Å². The van der Waals surface area contributed by atoms with E-state index < -0.39 is 0 Å². The lowest BCUT2D eigenvalue weighted by molar-refractivity contribution is 0.0995. The lowest BCUT2D eigenvalue weighted by atomic mass is 10.3. The first kappa shape index (κ1) is 19.8. The zero-order chi connectivity index (χ0) is 21.3. The van der Waals surface area contributed by atoms with E-state index in [0.717, 1.165) is 11.4 Å². The van der Waals surface area contributed by atoms with Crippen molar-refractivity contribution in [2.24, 2.45) is 0 Å². The number of aromatic nitrogens is 4. The summed E-state index contributed by atoms with van der Waals surface area (Å²) in [5.41, 5.74) is 2.49. The summed E-state index contributed by atoms with van der Waals surface area (Å²) in [6.45, 7) is 5.69. The van der Waals surface area contributed by atoms with Crippen LogP contribution in [0.25, 0.3) is 5.82 Å². The Balaban J connectivity index is 1.49. The number of halogens is 1. The predicted octanol–water partition coefficient (Wildman–Crippen LogP) is 4.99.